The first-order chi connectivity index (χ1) is 8.84. The van der Waals surface area contributed by atoms with Crippen LogP contribution in [0, 0.1) is 6.92 Å². The predicted molar refractivity (Wildman–Crippen MR) is 76.5 cm³/mol. The first kappa shape index (κ1) is 13.5. The van der Waals surface area contributed by atoms with Crippen molar-refractivity contribution in [2.75, 3.05) is 7.11 Å². The van der Waals surface area contributed by atoms with Crippen molar-refractivity contribution < 1.29 is 9.53 Å². The Balaban J connectivity index is 2.80. The van der Waals surface area contributed by atoms with Crippen molar-refractivity contribution >= 4 is 16.9 Å². The van der Waals surface area contributed by atoms with Crippen LogP contribution in [0.5, 0.6) is 0 Å². The highest BCUT2D eigenvalue weighted by Gasteiger charge is 2.19. The smallest absolute Gasteiger partial charge is 0.356 e. The predicted octanol–water partition coefficient (Wildman–Crippen LogP) is 3.63. The maximum Gasteiger partial charge on any atom is 0.356 e. The maximum absolute atomic E-state index is 11.7. The molecule has 3 nitrogen and oxygen atoms in total. The number of benzene rings is 1. The summed E-state index contributed by atoms with van der Waals surface area (Å²) in [6.07, 6.45) is 0. The molecule has 100 valence electrons. The fourth-order valence-electron chi connectivity index (χ4n) is 2.23. The highest BCUT2D eigenvalue weighted by Crippen LogP contribution is 2.30. The molecule has 19 heavy (non-hydrogen) atoms. The number of ether oxygens (including phenoxy) is 1. The Hall–Kier alpha value is -1.90. The van der Waals surface area contributed by atoms with Gasteiger partial charge in [-0.25, -0.2) is 9.78 Å². The van der Waals surface area contributed by atoms with Gasteiger partial charge in [0.2, 0.25) is 0 Å². The number of esters is 1. The normalized spacial score (nSPS) is 11.6. The molecule has 0 fully saturated rings. The van der Waals surface area contributed by atoms with Gasteiger partial charge in [-0.1, -0.05) is 39.0 Å². The number of fused-ring (bicyclic) bond motifs is 1. The molecule has 0 bridgehead atoms. The summed E-state index contributed by atoms with van der Waals surface area (Å²) in [5, 5.41) is 1.08. The fourth-order valence-corrected chi connectivity index (χ4v) is 2.23. The number of aryl methyl sites for hydroxylation is 1. The Morgan fingerprint density at radius 3 is 2.53 bits per heavy atom. The molecule has 1 heterocycles. The minimum atomic E-state index is -0.395. The Kier molecular flexibility index (Phi) is 3.31. The van der Waals surface area contributed by atoms with Crippen LogP contribution in [-0.4, -0.2) is 18.1 Å². The average Bonchev–Trinajstić information content (AvgIpc) is 2.35. The lowest BCUT2D eigenvalue weighted by atomic mass is 9.85. The molecule has 3 heteroatoms. The first-order valence-corrected chi connectivity index (χ1v) is 6.34. The van der Waals surface area contributed by atoms with Crippen LogP contribution >= 0.6 is 0 Å². The van der Waals surface area contributed by atoms with E-state index >= 15 is 0 Å². The van der Waals surface area contributed by atoms with Crippen molar-refractivity contribution in [1.29, 1.82) is 0 Å². The summed E-state index contributed by atoms with van der Waals surface area (Å²) in [5.41, 5.74) is 3.41. The number of nitrogens with zero attached hydrogens (tertiary/aromatic N) is 1. The van der Waals surface area contributed by atoms with E-state index in [0.717, 1.165) is 22.0 Å². The molecule has 2 rings (SSSR count). The second-order valence-electron chi connectivity index (χ2n) is 5.77. The van der Waals surface area contributed by atoms with E-state index in [4.69, 9.17) is 4.74 Å². The number of methoxy groups -OCH3 is 1. The first-order valence-electron chi connectivity index (χ1n) is 6.34. The zero-order chi connectivity index (χ0) is 14.2. The number of carbonyl (C=O) groups excluding carboxylic acids is 1. The summed E-state index contributed by atoms with van der Waals surface area (Å²) in [6, 6.07) is 7.92. The number of aromatic nitrogens is 1. The van der Waals surface area contributed by atoms with Crippen LogP contribution in [0.3, 0.4) is 0 Å². The van der Waals surface area contributed by atoms with E-state index in [1.807, 2.05) is 19.1 Å². The molecule has 0 aliphatic rings. The third-order valence-electron chi connectivity index (χ3n) is 3.25. The SMILES string of the molecule is COC(=O)c1cc(C)c2cccc(C(C)(C)C)c2n1. The van der Waals surface area contributed by atoms with E-state index in [1.54, 1.807) is 6.07 Å². The Bertz CT molecular complexity index is 639. The van der Waals surface area contributed by atoms with Crippen LogP contribution < -0.4 is 0 Å². The van der Waals surface area contributed by atoms with Crippen molar-refractivity contribution in [2.45, 2.75) is 33.1 Å². The zero-order valence-electron chi connectivity index (χ0n) is 12.1. The molecule has 0 aliphatic carbocycles. The van der Waals surface area contributed by atoms with Crippen LogP contribution in [-0.2, 0) is 10.2 Å². The Morgan fingerprint density at radius 1 is 1.26 bits per heavy atom. The van der Waals surface area contributed by atoms with Crippen LogP contribution in [0.25, 0.3) is 10.9 Å². The third-order valence-corrected chi connectivity index (χ3v) is 3.25. The topological polar surface area (TPSA) is 39.2 Å². The largest absolute Gasteiger partial charge is 0.464 e. The molecule has 0 radical (unpaired) electrons. The van der Waals surface area contributed by atoms with E-state index in [1.165, 1.54) is 7.11 Å². The molecule has 0 spiro atoms. The minimum Gasteiger partial charge on any atom is -0.464 e. The summed E-state index contributed by atoms with van der Waals surface area (Å²) in [4.78, 5) is 16.2. The van der Waals surface area contributed by atoms with E-state index in [2.05, 4.69) is 31.8 Å². The monoisotopic (exact) mass is 257 g/mol. The van der Waals surface area contributed by atoms with E-state index in [-0.39, 0.29) is 5.41 Å². The number of pyridine rings is 1. The summed E-state index contributed by atoms with van der Waals surface area (Å²) in [6.45, 7) is 8.42. The number of para-hydroxylation sites is 1. The molecule has 0 amide bonds. The van der Waals surface area contributed by atoms with Crippen LogP contribution in [0.15, 0.2) is 24.3 Å². The molecule has 2 aromatic rings. The van der Waals surface area contributed by atoms with E-state index in [9.17, 15) is 4.79 Å². The van der Waals surface area contributed by atoms with Gasteiger partial charge in [-0.05, 0) is 29.5 Å². The van der Waals surface area contributed by atoms with Gasteiger partial charge in [0.05, 0.1) is 12.6 Å². The molecule has 1 aromatic heterocycles. The number of hydrogen-bond donors (Lipinski definition) is 0. The van der Waals surface area contributed by atoms with Gasteiger partial charge < -0.3 is 4.74 Å². The molecule has 0 N–H and O–H groups in total. The van der Waals surface area contributed by atoms with Crippen LogP contribution in [0.4, 0.5) is 0 Å². The van der Waals surface area contributed by atoms with Crippen molar-refractivity contribution in [3.8, 4) is 0 Å². The van der Waals surface area contributed by atoms with Gasteiger partial charge in [0.1, 0.15) is 5.69 Å². The summed E-state index contributed by atoms with van der Waals surface area (Å²) >= 11 is 0. The molecule has 0 aliphatic heterocycles. The van der Waals surface area contributed by atoms with E-state index in [0.29, 0.717) is 5.69 Å². The fraction of sp³-hybridized carbons (Fsp3) is 0.375. The quantitative estimate of drug-likeness (QED) is 0.732. The summed E-state index contributed by atoms with van der Waals surface area (Å²) in [7, 11) is 1.37. The Labute approximate surface area is 113 Å². The Morgan fingerprint density at radius 2 is 1.95 bits per heavy atom. The number of carbonyl (C=O) groups is 1. The zero-order valence-corrected chi connectivity index (χ0v) is 12.1. The van der Waals surface area contributed by atoms with Crippen LogP contribution in [0.2, 0.25) is 0 Å². The second kappa shape index (κ2) is 4.65. The molecule has 0 saturated heterocycles. The number of rotatable bonds is 1. The lowest BCUT2D eigenvalue weighted by Gasteiger charge is -2.21. The number of hydrogen-bond acceptors (Lipinski definition) is 3. The maximum atomic E-state index is 11.7. The lowest BCUT2D eigenvalue weighted by molar-refractivity contribution is 0.0594. The standard InChI is InChI=1S/C16H19NO2/c1-10-9-13(15(18)19-5)17-14-11(10)7-6-8-12(14)16(2,3)4/h6-9H,1-5H3. The van der Waals surface area contributed by atoms with Gasteiger partial charge in [0.25, 0.3) is 0 Å². The van der Waals surface area contributed by atoms with Gasteiger partial charge >= 0.3 is 5.97 Å². The highest BCUT2D eigenvalue weighted by atomic mass is 16.5. The lowest BCUT2D eigenvalue weighted by Crippen LogP contribution is -2.14. The molecular weight excluding hydrogens is 238 g/mol. The summed E-state index contributed by atoms with van der Waals surface area (Å²) in [5.74, 6) is -0.395. The molecule has 0 unspecified atom stereocenters. The van der Waals surface area contributed by atoms with Gasteiger partial charge in [-0.15, -0.1) is 0 Å². The van der Waals surface area contributed by atoms with Crippen LogP contribution in [0.1, 0.15) is 42.4 Å². The van der Waals surface area contributed by atoms with Crippen molar-refractivity contribution in [2.24, 2.45) is 0 Å². The molecular formula is C16H19NO2. The third kappa shape index (κ3) is 2.46. The summed E-state index contributed by atoms with van der Waals surface area (Å²) < 4.78 is 4.76. The van der Waals surface area contributed by atoms with Gasteiger partial charge in [-0.2, -0.15) is 0 Å². The van der Waals surface area contributed by atoms with Crippen molar-refractivity contribution in [3.63, 3.8) is 0 Å². The average molecular weight is 257 g/mol. The molecule has 0 atom stereocenters. The van der Waals surface area contributed by atoms with Crippen molar-refractivity contribution in [3.05, 3.63) is 41.1 Å². The van der Waals surface area contributed by atoms with Gasteiger partial charge in [0.15, 0.2) is 0 Å². The van der Waals surface area contributed by atoms with Gasteiger partial charge in [-0.3, -0.25) is 0 Å². The second-order valence-corrected chi connectivity index (χ2v) is 5.77. The molecule has 1 aromatic carbocycles. The highest BCUT2D eigenvalue weighted by molar-refractivity contribution is 5.93. The van der Waals surface area contributed by atoms with Gasteiger partial charge in [0, 0.05) is 5.39 Å². The molecule has 0 saturated carbocycles. The van der Waals surface area contributed by atoms with E-state index < -0.39 is 5.97 Å². The van der Waals surface area contributed by atoms with Crippen molar-refractivity contribution in [1.82, 2.24) is 4.98 Å². The minimum absolute atomic E-state index is 0.0201.